The van der Waals surface area contributed by atoms with E-state index in [0.717, 1.165) is 16.1 Å². The first-order valence-electron chi connectivity index (χ1n) is 7.40. The zero-order valence-electron chi connectivity index (χ0n) is 13.3. The van der Waals surface area contributed by atoms with Gasteiger partial charge in [-0.1, -0.05) is 54.2 Å². The van der Waals surface area contributed by atoms with E-state index >= 15 is 0 Å². The van der Waals surface area contributed by atoms with Gasteiger partial charge in [-0.15, -0.1) is 11.3 Å². The van der Waals surface area contributed by atoms with Gasteiger partial charge in [0.05, 0.1) is 9.78 Å². The van der Waals surface area contributed by atoms with E-state index in [9.17, 15) is 9.59 Å². The highest BCUT2D eigenvalue weighted by atomic mass is 32.2. The quantitative estimate of drug-likeness (QED) is 0.631. The molecule has 25 heavy (non-hydrogen) atoms. The average molecular weight is 387 g/mol. The van der Waals surface area contributed by atoms with E-state index in [0.29, 0.717) is 14.1 Å². The molecule has 4 nitrogen and oxygen atoms in total. The third kappa shape index (κ3) is 4.25. The lowest BCUT2D eigenvalue weighted by atomic mass is 10.1. The second-order valence-electron chi connectivity index (χ2n) is 5.23. The van der Waals surface area contributed by atoms with Crippen molar-refractivity contribution in [2.75, 3.05) is 0 Å². The van der Waals surface area contributed by atoms with E-state index in [-0.39, 0.29) is 11.8 Å². The summed E-state index contributed by atoms with van der Waals surface area (Å²) >= 11 is 7.70. The number of thiophene rings is 1. The van der Waals surface area contributed by atoms with Crippen LogP contribution in [0.1, 0.15) is 22.2 Å². The minimum absolute atomic E-state index is 0.314. The Labute approximate surface area is 159 Å². The fourth-order valence-corrected chi connectivity index (χ4v) is 4.03. The number of thiocarbonyl (C=S) groups is 1. The summed E-state index contributed by atoms with van der Waals surface area (Å²) in [6.45, 7) is 1.92. The first kappa shape index (κ1) is 17.6. The minimum Gasteiger partial charge on any atom is -0.266 e. The maximum Gasteiger partial charge on any atom is 0.285 e. The molecule has 2 aromatic rings. The van der Waals surface area contributed by atoms with Crippen LogP contribution in [0.2, 0.25) is 0 Å². The van der Waals surface area contributed by atoms with Crippen LogP contribution >= 0.6 is 35.3 Å². The van der Waals surface area contributed by atoms with Crippen LogP contribution in [0.15, 0.2) is 64.4 Å². The molecule has 1 aromatic heterocycles. The molecule has 2 amide bonds. The third-order valence-electron chi connectivity index (χ3n) is 3.30. The first-order valence-corrected chi connectivity index (χ1v) is 9.51. The van der Waals surface area contributed by atoms with Gasteiger partial charge >= 0.3 is 0 Å². The van der Waals surface area contributed by atoms with Crippen molar-refractivity contribution in [1.29, 1.82) is 0 Å². The van der Waals surface area contributed by atoms with Gasteiger partial charge in [-0.25, -0.2) is 0 Å². The van der Waals surface area contributed by atoms with Gasteiger partial charge in [-0.05, 0) is 47.8 Å². The van der Waals surface area contributed by atoms with Crippen molar-refractivity contribution >= 4 is 57.5 Å². The van der Waals surface area contributed by atoms with Crippen molar-refractivity contribution in [3.8, 4) is 0 Å². The molecule has 1 saturated heterocycles. The van der Waals surface area contributed by atoms with E-state index in [1.165, 1.54) is 23.1 Å². The maximum absolute atomic E-state index is 12.5. The number of carbonyl (C=O) groups excluding carboxylic acids is 2. The molecule has 2 heterocycles. The van der Waals surface area contributed by atoms with Gasteiger partial charge in [0.25, 0.3) is 11.8 Å². The molecule has 1 N–H and O–H groups in total. The van der Waals surface area contributed by atoms with Crippen molar-refractivity contribution in [2.24, 2.45) is 0 Å². The van der Waals surface area contributed by atoms with Crippen LogP contribution in [0.5, 0.6) is 0 Å². The zero-order chi connectivity index (χ0) is 17.8. The molecule has 1 fully saturated rings. The number of thioether (sulfide) groups is 1. The number of amides is 2. The molecule has 0 bridgehead atoms. The largest absolute Gasteiger partial charge is 0.285 e. The number of carbonyl (C=O) groups is 2. The maximum atomic E-state index is 12.5. The van der Waals surface area contributed by atoms with Crippen LogP contribution in [0.25, 0.3) is 6.08 Å². The fraction of sp³-hybridized carbons (Fsp3) is 0.0556. The van der Waals surface area contributed by atoms with Crippen molar-refractivity contribution in [3.05, 3.63) is 74.8 Å². The summed E-state index contributed by atoms with van der Waals surface area (Å²) in [4.78, 5) is 25.7. The first-order chi connectivity index (χ1) is 12.0. The number of hydrazine groups is 1. The van der Waals surface area contributed by atoms with Crippen molar-refractivity contribution < 1.29 is 9.59 Å². The van der Waals surface area contributed by atoms with Gasteiger partial charge in [0.2, 0.25) is 0 Å². The molecule has 7 heteroatoms. The number of nitrogens with zero attached hydrogens (tertiary/aromatic N) is 1. The molecule has 126 valence electrons. The molecular formula is C18H14N2O2S3. The Bertz CT molecular complexity index is 871. The molecule has 1 aliphatic rings. The van der Waals surface area contributed by atoms with E-state index in [1.807, 2.05) is 43.3 Å². The lowest BCUT2D eigenvalue weighted by Gasteiger charge is -2.14. The summed E-state index contributed by atoms with van der Waals surface area (Å²) in [5.74, 6) is -0.662. The summed E-state index contributed by atoms with van der Waals surface area (Å²) in [6.07, 6.45) is 3.76. The van der Waals surface area contributed by atoms with E-state index in [1.54, 1.807) is 23.6 Å². The molecule has 3 rings (SSSR count). The average Bonchev–Trinajstić information content (AvgIpc) is 3.21. The van der Waals surface area contributed by atoms with Crippen LogP contribution in [-0.4, -0.2) is 21.1 Å². The van der Waals surface area contributed by atoms with Crippen LogP contribution in [-0.2, 0) is 4.79 Å². The smallest absolute Gasteiger partial charge is 0.266 e. The summed E-state index contributed by atoms with van der Waals surface area (Å²) in [6, 6.07) is 13.3. The monoisotopic (exact) mass is 386 g/mol. The summed E-state index contributed by atoms with van der Waals surface area (Å²) in [7, 11) is 0. The molecule has 1 aliphatic heterocycles. The van der Waals surface area contributed by atoms with Gasteiger partial charge in [0.1, 0.15) is 0 Å². The fourth-order valence-electron chi connectivity index (χ4n) is 2.19. The normalized spacial score (nSPS) is 16.6. The Morgan fingerprint density at radius 3 is 2.64 bits per heavy atom. The Morgan fingerprint density at radius 2 is 1.96 bits per heavy atom. The molecule has 0 radical (unpaired) electrons. The second-order valence-corrected chi connectivity index (χ2v) is 7.86. The van der Waals surface area contributed by atoms with Gasteiger partial charge in [0.15, 0.2) is 4.32 Å². The van der Waals surface area contributed by atoms with Gasteiger partial charge in [-0.2, -0.15) is 5.01 Å². The Kier molecular flexibility index (Phi) is 5.47. The number of benzene rings is 1. The summed E-state index contributed by atoms with van der Waals surface area (Å²) in [5, 5.41) is 2.93. The van der Waals surface area contributed by atoms with Crippen LogP contribution in [0, 0.1) is 0 Å². The minimum atomic E-state index is -0.343. The molecule has 0 saturated carbocycles. The molecule has 0 spiro atoms. The van der Waals surface area contributed by atoms with Crippen LogP contribution in [0.3, 0.4) is 0 Å². The van der Waals surface area contributed by atoms with E-state index < -0.39 is 0 Å². The Balaban J connectivity index is 1.74. The molecule has 1 aromatic carbocycles. The lowest BCUT2D eigenvalue weighted by molar-refractivity contribution is -0.123. The predicted octanol–water partition coefficient (Wildman–Crippen LogP) is 4.24. The van der Waals surface area contributed by atoms with Gasteiger partial charge in [-0.3, -0.25) is 15.0 Å². The second kappa shape index (κ2) is 7.77. The number of hydrogen-bond donors (Lipinski definition) is 1. The highest BCUT2D eigenvalue weighted by molar-refractivity contribution is 8.26. The van der Waals surface area contributed by atoms with Crippen molar-refractivity contribution in [2.45, 2.75) is 6.92 Å². The number of hydrogen-bond acceptors (Lipinski definition) is 5. The summed E-state index contributed by atoms with van der Waals surface area (Å²) in [5.41, 5.74) is 4.55. The number of nitrogens with one attached hydrogen (secondary N) is 1. The molecule has 0 aliphatic carbocycles. The van der Waals surface area contributed by atoms with Gasteiger partial charge in [0, 0.05) is 0 Å². The zero-order valence-corrected chi connectivity index (χ0v) is 15.7. The number of rotatable bonds is 4. The topological polar surface area (TPSA) is 49.4 Å². The molecule has 0 atom stereocenters. The Hall–Kier alpha value is -2.22. The third-order valence-corrected chi connectivity index (χ3v) is 5.48. The lowest BCUT2D eigenvalue weighted by Crippen LogP contribution is -2.44. The van der Waals surface area contributed by atoms with E-state index in [2.05, 4.69) is 5.43 Å². The van der Waals surface area contributed by atoms with Crippen LogP contribution < -0.4 is 5.43 Å². The van der Waals surface area contributed by atoms with E-state index in [4.69, 9.17) is 12.2 Å². The Morgan fingerprint density at radius 1 is 1.20 bits per heavy atom. The summed E-state index contributed by atoms with van der Waals surface area (Å²) < 4.78 is 0.314. The van der Waals surface area contributed by atoms with Crippen molar-refractivity contribution in [1.82, 2.24) is 10.4 Å². The highest BCUT2D eigenvalue weighted by Gasteiger charge is 2.33. The van der Waals surface area contributed by atoms with Crippen molar-refractivity contribution in [3.63, 3.8) is 0 Å². The van der Waals surface area contributed by atoms with Crippen LogP contribution in [0.4, 0.5) is 0 Å². The SMILES string of the molecule is CC(/C=C1\SC(=S)N(NC(=O)c2cccs2)C1=O)=C\c1ccccc1. The standard InChI is InChI=1S/C18H14N2O2S3/c1-12(10-13-6-3-2-4-7-13)11-15-17(22)20(18(23)25-15)19-16(21)14-8-5-9-24-14/h2-11H,1H3,(H,19,21)/b12-10+,15-11-. The predicted molar refractivity (Wildman–Crippen MR) is 107 cm³/mol. The molecule has 0 unspecified atom stereocenters. The van der Waals surface area contributed by atoms with Gasteiger partial charge < -0.3 is 0 Å². The highest BCUT2D eigenvalue weighted by Crippen LogP contribution is 2.31. The molecular weight excluding hydrogens is 372 g/mol. The number of allylic oxidation sites excluding steroid dienone is 2.